The Kier molecular flexibility index (Phi) is 3.87. The first-order chi connectivity index (χ1) is 4.27. The predicted octanol–water partition coefficient (Wildman–Crippen LogP) is 2.24. The van der Waals surface area contributed by atoms with Crippen molar-refractivity contribution in [2.24, 2.45) is 0 Å². The molecule has 62 valence electrons. The first kappa shape index (κ1) is 10.9. The van der Waals surface area contributed by atoms with Gasteiger partial charge in [-0.25, -0.2) is 0 Å². The van der Waals surface area contributed by atoms with Gasteiger partial charge >= 0.3 is 0 Å². The normalized spacial score (nSPS) is 18.6. The third-order valence-electron chi connectivity index (χ3n) is 1.08. The van der Waals surface area contributed by atoms with Crippen LogP contribution in [-0.4, -0.2) is 41.8 Å². The molecule has 0 saturated carbocycles. The fourth-order valence-electron chi connectivity index (χ4n) is 1.03. The van der Waals surface area contributed by atoms with Gasteiger partial charge < -0.3 is 4.48 Å². The standard InChI is InChI=1S/C7H16Br2N/c1-7(9,5-8)6-10(2,3)4/h5-6H2,1-4H3/q+1. The molecule has 10 heavy (non-hydrogen) atoms. The van der Waals surface area contributed by atoms with E-state index in [0.717, 1.165) is 16.4 Å². The molecule has 1 atom stereocenters. The molecule has 0 rings (SSSR count). The minimum Gasteiger partial charge on any atom is -0.330 e. The number of nitrogens with zero attached hydrogens (tertiary/aromatic N) is 1. The molecule has 0 aliphatic heterocycles. The number of alkyl halides is 2. The number of quaternary nitrogens is 1. The molecule has 0 heterocycles. The van der Waals surface area contributed by atoms with Crippen LogP contribution in [0.3, 0.4) is 0 Å². The first-order valence-corrected chi connectivity index (χ1v) is 5.24. The fraction of sp³-hybridized carbons (Fsp3) is 1.00. The van der Waals surface area contributed by atoms with Crippen LogP contribution in [0.5, 0.6) is 0 Å². The second-order valence-electron chi connectivity index (χ2n) is 4.00. The van der Waals surface area contributed by atoms with Crippen molar-refractivity contribution >= 4 is 31.9 Å². The van der Waals surface area contributed by atoms with Gasteiger partial charge in [0.05, 0.1) is 32.0 Å². The van der Waals surface area contributed by atoms with Crippen molar-refractivity contribution in [3.8, 4) is 0 Å². The summed E-state index contributed by atoms with van der Waals surface area (Å²) < 4.78 is 1.22. The molecule has 1 unspecified atom stereocenters. The van der Waals surface area contributed by atoms with Crippen molar-refractivity contribution in [2.45, 2.75) is 11.2 Å². The number of hydrogen-bond acceptors (Lipinski definition) is 0. The molecular weight excluding hydrogens is 258 g/mol. The SMILES string of the molecule is CC(Br)(CBr)C[N+](C)(C)C. The second kappa shape index (κ2) is 3.55. The zero-order valence-corrected chi connectivity index (χ0v) is 10.3. The first-order valence-electron chi connectivity index (χ1n) is 3.32. The van der Waals surface area contributed by atoms with E-state index in [4.69, 9.17) is 0 Å². The van der Waals surface area contributed by atoms with E-state index in [-0.39, 0.29) is 4.32 Å². The Hall–Kier alpha value is 0.920. The quantitative estimate of drug-likeness (QED) is 0.547. The summed E-state index contributed by atoms with van der Waals surface area (Å²) in [6.45, 7) is 3.32. The third-order valence-corrected chi connectivity index (χ3v) is 3.60. The Balaban J connectivity index is 3.89. The lowest BCUT2D eigenvalue weighted by atomic mass is 10.2. The van der Waals surface area contributed by atoms with Gasteiger partial charge in [-0.3, -0.25) is 0 Å². The summed E-state index contributed by atoms with van der Waals surface area (Å²) in [6, 6.07) is 0. The smallest absolute Gasteiger partial charge is 0.0941 e. The van der Waals surface area contributed by atoms with Crippen molar-refractivity contribution in [2.75, 3.05) is 33.0 Å². The van der Waals surface area contributed by atoms with Crippen molar-refractivity contribution in [3.63, 3.8) is 0 Å². The molecule has 1 nitrogen and oxygen atoms in total. The summed E-state index contributed by atoms with van der Waals surface area (Å²) in [5, 5.41) is 0.996. The Morgan fingerprint density at radius 2 is 1.70 bits per heavy atom. The predicted molar refractivity (Wildman–Crippen MR) is 54.0 cm³/mol. The minimum absolute atomic E-state index is 0.227. The highest BCUT2D eigenvalue weighted by atomic mass is 79.9. The monoisotopic (exact) mass is 272 g/mol. The second-order valence-corrected chi connectivity index (χ2v) is 6.47. The van der Waals surface area contributed by atoms with E-state index in [1.54, 1.807) is 0 Å². The van der Waals surface area contributed by atoms with Gasteiger partial charge in [0.2, 0.25) is 0 Å². The Morgan fingerprint density at radius 3 is 1.80 bits per heavy atom. The van der Waals surface area contributed by atoms with Crippen LogP contribution < -0.4 is 0 Å². The van der Waals surface area contributed by atoms with E-state index in [9.17, 15) is 0 Å². The average Bonchev–Trinajstić information content (AvgIpc) is 1.60. The summed E-state index contributed by atoms with van der Waals surface area (Å²) in [4.78, 5) is 0. The lowest BCUT2D eigenvalue weighted by Crippen LogP contribution is -2.45. The van der Waals surface area contributed by atoms with Gasteiger partial charge in [-0.2, -0.15) is 0 Å². The van der Waals surface area contributed by atoms with E-state index in [2.05, 4.69) is 59.9 Å². The molecular formula is C7H16Br2N+. The zero-order chi connectivity index (χ0) is 8.41. The van der Waals surface area contributed by atoms with Crippen LogP contribution in [0.25, 0.3) is 0 Å². The molecule has 0 aromatic heterocycles. The maximum absolute atomic E-state index is 3.65. The Bertz CT molecular complexity index is 105. The zero-order valence-electron chi connectivity index (χ0n) is 7.12. The highest BCUT2D eigenvalue weighted by Gasteiger charge is 2.26. The molecule has 0 amide bonds. The maximum Gasteiger partial charge on any atom is 0.0941 e. The van der Waals surface area contributed by atoms with Gasteiger partial charge in [0.15, 0.2) is 0 Å². The van der Waals surface area contributed by atoms with Gasteiger partial charge in [-0.15, -0.1) is 0 Å². The summed E-state index contributed by atoms with van der Waals surface area (Å²) in [5.41, 5.74) is 0. The van der Waals surface area contributed by atoms with E-state index < -0.39 is 0 Å². The molecule has 0 N–H and O–H groups in total. The summed E-state index contributed by atoms with van der Waals surface area (Å²) >= 11 is 7.12. The van der Waals surface area contributed by atoms with Crippen molar-refractivity contribution < 1.29 is 4.48 Å². The molecule has 0 aliphatic rings. The van der Waals surface area contributed by atoms with E-state index in [1.165, 1.54) is 0 Å². The molecule has 0 bridgehead atoms. The van der Waals surface area contributed by atoms with E-state index >= 15 is 0 Å². The number of halogens is 2. The maximum atomic E-state index is 3.65. The lowest BCUT2D eigenvalue weighted by Gasteiger charge is -2.31. The highest BCUT2D eigenvalue weighted by molar-refractivity contribution is 9.12. The highest BCUT2D eigenvalue weighted by Crippen LogP contribution is 2.22. The van der Waals surface area contributed by atoms with Crippen LogP contribution in [0.15, 0.2) is 0 Å². The van der Waals surface area contributed by atoms with Crippen molar-refractivity contribution in [1.82, 2.24) is 0 Å². The average molecular weight is 274 g/mol. The molecule has 0 spiro atoms. The van der Waals surface area contributed by atoms with Crippen LogP contribution in [0, 0.1) is 0 Å². The summed E-state index contributed by atoms with van der Waals surface area (Å²) in [6.07, 6.45) is 0. The van der Waals surface area contributed by atoms with Gasteiger partial charge in [-0.05, 0) is 6.92 Å². The molecule has 0 aliphatic carbocycles. The molecule has 0 fully saturated rings. The van der Waals surface area contributed by atoms with Crippen molar-refractivity contribution in [3.05, 3.63) is 0 Å². The van der Waals surface area contributed by atoms with Crippen LogP contribution in [0.4, 0.5) is 0 Å². The van der Waals surface area contributed by atoms with Crippen LogP contribution in [0.1, 0.15) is 6.92 Å². The van der Waals surface area contributed by atoms with Gasteiger partial charge in [-0.1, -0.05) is 31.9 Å². The van der Waals surface area contributed by atoms with E-state index in [1.807, 2.05) is 0 Å². The van der Waals surface area contributed by atoms with Crippen LogP contribution >= 0.6 is 31.9 Å². The third kappa shape index (κ3) is 5.69. The Labute approximate surface area is 80.6 Å². The van der Waals surface area contributed by atoms with E-state index in [0.29, 0.717) is 0 Å². The minimum atomic E-state index is 0.227. The number of rotatable bonds is 3. The molecule has 3 heteroatoms. The molecule has 0 saturated heterocycles. The topological polar surface area (TPSA) is 0 Å². The fourth-order valence-corrected chi connectivity index (χ4v) is 1.96. The van der Waals surface area contributed by atoms with Gasteiger partial charge in [0, 0.05) is 5.33 Å². The molecule has 0 aromatic carbocycles. The van der Waals surface area contributed by atoms with Crippen molar-refractivity contribution in [1.29, 1.82) is 0 Å². The molecule has 0 radical (unpaired) electrons. The van der Waals surface area contributed by atoms with Gasteiger partial charge in [0.1, 0.15) is 0 Å². The van der Waals surface area contributed by atoms with Crippen LogP contribution in [0.2, 0.25) is 0 Å². The Morgan fingerprint density at radius 1 is 1.30 bits per heavy atom. The number of hydrogen-bond donors (Lipinski definition) is 0. The lowest BCUT2D eigenvalue weighted by molar-refractivity contribution is -0.871. The van der Waals surface area contributed by atoms with Crippen LogP contribution in [-0.2, 0) is 0 Å². The summed E-state index contributed by atoms with van der Waals surface area (Å²) in [7, 11) is 6.59. The molecule has 0 aromatic rings. The largest absolute Gasteiger partial charge is 0.330 e. The van der Waals surface area contributed by atoms with Gasteiger partial charge in [0.25, 0.3) is 0 Å². The summed E-state index contributed by atoms with van der Waals surface area (Å²) in [5.74, 6) is 0.